The van der Waals surface area contributed by atoms with Crippen LogP contribution in [0.5, 0.6) is 0 Å². The summed E-state index contributed by atoms with van der Waals surface area (Å²) in [5.41, 5.74) is 15.6. The number of fused-ring (bicyclic) bond motifs is 6. The lowest BCUT2D eigenvalue weighted by molar-refractivity contribution is 0.978. The number of hydrogen-bond acceptors (Lipinski definition) is 1. The van der Waals surface area contributed by atoms with E-state index in [1.165, 1.54) is 77.3 Å². The molecule has 0 aliphatic heterocycles. The van der Waals surface area contributed by atoms with Gasteiger partial charge in [-0.05, 0) is 109 Å². The third-order valence-corrected chi connectivity index (χ3v) is 11.0. The van der Waals surface area contributed by atoms with E-state index in [0.717, 1.165) is 17.8 Å². The molecule has 53 heavy (non-hydrogen) atoms. The minimum absolute atomic E-state index is 0.138. The molecule has 1 aliphatic carbocycles. The number of rotatable bonds is 7. The zero-order chi connectivity index (χ0) is 35.1. The summed E-state index contributed by atoms with van der Waals surface area (Å²) in [5.74, 6) is 0.138. The number of para-hydroxylation sites is 2. The predicted molar refractivity (Wildman–Crippen MR) is 224 cm³/mol. The van der Waals surface area contributed by atoms with Crippen LogP contribution in [0.4, 0.5) is 17.1 Å². The summed E-state index contributed by atoms with van der Waals surface area (Å²) in [7, 11) is 0. The molecule has 0 bridgehead atoms. The third-order valence-electron chi connectivity index (χ3n) is 11.0. The maximum Gasteiger partial charge on any atom is 0.0546 e. The highest BCUT2D eigenvalue weighted by Gasteiger charge is 2.29. The summed E-state index contributed by atoms with van der Waals surface area (Å²) in [5, 5.41) is 5.01. The monoisotopic (exact) mass is 675 g/mol. The van der Waals surface area contributed by atoms with Gasteiger partial charge < -0.3 is 4.90 Å². The minimum atomic E-state index is 0.138. The fraction of sp³-hybridized carbons (Fsp3) is 0.0385. The zero-order valence-corrected chi connectivity index (χ0v) is 29.4. The van der Waals surface area contributed by atoms with Crippen LogP contribution < -0.4 is 4.90 Å². The van der Waals surface area contributed by atoms with Crippen molar-refractivity contribution in [2.75, 3.05) is 4.90 Å². The van der Waals surface area contributed by atoms with Crippen molar-refractivity contribution in [3.05, 3.63) is 234 Å². The lowest BCUT2D eigenvalue weighted by atomic mass is 9.81. The molecule has 0 unspecified atom stereocenters. The van der Waals surface area contributed by atoms with Crippen molar-refractivity contribution in [2.45, 2.75) is 12.3 Å². The molecule has 0 N–H and O–H groups in total. The van der Waals surface area contributed by atoms with Crippen LogP contribution in [0.1, 0.15) is 33.7 Å². The zero-order valence-electron chi connectivity index (χ0n) is 29.4. The fourth-order valence-corrected chi connectivity index (χ4v) is 8.76. The second kappa shape index (κ2) is 13.1. The number of benzene rings is 9. The SMILES string of the molecule is c1ccc(C(c2ccccc2)c2cccc3c2-c2cccc(-c4cc5cccc(N(c6ccccc6)c6ccccc6)c5c5ccccc45)c2C3)cc1. The Morgan fingerprint density at radius 1 is 0.415 bits per heavy atom. The first-order valence-electron chi connectivity index (χ1n) is 18.5. The van der Waals surface area contributed by atoms with Gasteiger partial charge in [-0.15, -0.1) is 0 Å². The molecule has 0 radical (unpaired) electrons. The largest absolute Gasteiger partial charge is 0.310 e. The van der Waals surface area contributed by atoms with Crippen LogP contribution in [0.15, 0.2) is 206 Å². The Bertz CT molecular complexity index is 2660. The Kier molecular flexibility index (Phi) is 7.69. The molecule has 0 fully saturated rings. The number of nitrogens with zero attached hydrogens (tertiary/aromatic N) is 1. The molecule has 0 amide bonds. The van der Waals surface area contributed by atoms with E-state index in [-0.39, 0.29) is 5.92 Å². The van der Waals surface area contributed by atoms with Gasteiger partial charge in [0.05, 0.1) is 5.69 Å². The molecule has 9 aromatic carbocycles. The smallest absolute Gasteiger partial charge is 0.0546 e. The van der Waals surface area contributed by atoms with Gasteiger partial charge in [-0.3, -0.25) is 0 Å². The molecule has 9 aromatic rings. The molecule has 0 aromatic heterocycles. The van der Waals surface area contributed by atoms with Crippen molar-refractivity contribution in [1.82, 2.24) is 0 Å². The molecule has 0 heterocycles. The third kappa shape index (κ3) is 5.32. The van der Waals surface area contributed by atoms with Crippen molar-refractivity contribution in [2.24, 2.45) is 0 Å². The predicted octanol–water partition coefficient (Wildman–Crippen LogP) is 13.9. The van der Waals surface area contributed by atoms with Gasteiger partial charge >= 0.3 is 0 Å². The molecule has 0 atom stereocenters. The molecule has 0 spiro atoms. The first-order chi connectivity index (χ1) is 26.3. The molecule has 1 heteroatoms. The van der Waals surface area contributed by atoms with Crippen LogP contribution in [0.25, 0.3) is 43.8 Å². The summed E-state index contributed by atoms with van der Waals surface area (Å²) >= 11 is 0. The van der Waals surface area contributed by atoms with Crippen molar-refractivity contribution < 1.29 is 0 Å². The second-order valence-corrected chi connectivity index (χ2v) is 14.0. The van der Waals surface area contributed by atoms with E-state index in [2.05, 4.69) is 211 Å². The van der Waals surface area contributed by atoms with Crippen LogP contribution >= 0.6 is 0 Å². The molecule has 1 aliphatic rings. The lowest BCUT2D eigenvalue weighted by Crippen LogP contribution is -2.10. The van der Waals surface area contributed by atoms with E-state index in [9.17, 15) is 0 Å². The van der Waals surface area contributed by atoms with E-state index in [1.54, 1.807) is 0 Å². The normalized spacial score (nSPS) is 11.9. The lowest BCUT2D eigenvalue weighted by Gasteiger charge is -2.27. The highest BCUT2D eigenvalue weighted by atomic mass is 15.1. The Morgan fingerprint density at radius 2 is 0.962 bits per heavy atom. The topological polar surface area (TPSA) is 3.24 Å². The maximum atomic E-state index is 2.44. The maximum absolute atomic E-state index is 2.44. The van der Waals surface area contributed by atoms with Crippen LogP contribution in [0.2, 0.25) is 0 Å². The molecule has 250 valence electrons. The summed E-state index contributed by atoms with van der Waals surface area (Å²) in [4.78, 5) is 2.39. The first-order valence-corrected chi connectivity index (χ1v) is 18.5. The van der Waals surface area contributed by atoms with Crippen molar-refractivity contribution in [1.29, 1.82) is 0 Å². The molecule has 0 saturated heterocycles. The molecule has 0 saturated carbocycles. The van der Waals surface area contributed by atoms with Gasteiger partial charge in [-0.25, -0.2) is 0 Å². The Morgan fingerprint density at radius 3 is 1.62 bits per heavy atom. The van der Waals surface area contributed by atoms with Gasteiger partial charge in [0.15, 0.2) is 0 Å². The fourth-order valence-electron chi connectivity index (χ4n) is 8.76. The van der Waals surface area contributed by atoms with Crippen molar-refractivity contribution >= 4 is 38.6 Å². The standard InChI is InChI=1S/C52H37N/c1-5-18-36(19-6-1)50(37-20-7-2-8-21-37)46-32-15-22-38-34-48-43(30-17-31-45(48)51(38)46)47-35-39-23-16-33-49(52(39)44-29-14-13-28-42(44)47)53(40-24-9-3-10-25-40)41-26-11-4-12-27-41/h1-33,35,50H,34H2. The minimum Gasteiger partial charge on any atom is -0.310 e. The molecular weight excluding hydrogens is 639 g/mol. The summed E-state index contributed by atoms with van der Waals surface area (Å²) in [6, 6.07) is 75.5. The van der Waals surface area contributed by atoms with E-state index < -0.39 is 0 Å². The van der Waals surface area contributed by atoms with Gasteiger partial charge in [-0.1, -0.05) is 170 Å². The van der Waals surface area contributed by atoms with Crippen LogP contribution in [0.3, 0.4) is 0 Å². The van der Waals surface area contributed by atoms with Crippen molar-refractivity contribution in [3.63, 3.8) is 0 Å². The Hall–Kier alpha value is -6.70. The highest BCUT2D eigenvalue weighted by molar-refractivity contribution is 6.19. The molecular formula is C52H37N. The van der Waals surface area contributed by atoms with Gasteiger partial charge in [0.2, 0.25) is 0 Å². The van der Waals surface area contributed by atoms with Gasteiger partial charge in [-0.2, -0.15) is 0 Å². The average Bonchev–Trinajstić information content (AvgIpc) is 3.62. The van der Waals surface area contributed by atoms with E-state index in [1.807, 2.05) is 0 Å². The summed E-state index contributed by atoms with van der Waals surface area (Å²) < 4.78 is 0. The van der Waals surface area contributed by atoms with Gasteiger partial charge in [0, 0.05) is 22.7 Å². The number of hydrogen-bond donors (Lipinski definition) is 0. The van der Waals surface area contributed by atoms with E-state index >= 15 is 0 Å². The van der Waals surface area contributed by atoms with E-state index in [4.69, 9.17) is 0 Å². The van der Waals surface area contributed by atoms with Crippen LogP contribution in [0, 0.1) is 0 Å². The van der Waals surface area contributed by atoms with Crippen LogP contribution in [-0.2, 0) is 6.42 Å². The highest BCUT2D eigenvalue weighted by Crippen LogP contribution is 2.50. The number of anilines is 3. The Labute approximate surface area is 311 Å². The van der Waals surface area contributed by atoms with Gasteiger partial charge in [0.1, 0.15) is 0 Å². The Balaban J connectivity index is 1.18. The quantitative estimate of drug-likeness (QED) is 0.120. The van der Waals surface area contributed by atoms with E-state index in [0.29, 0.717) is 0 Å². The molecule has 10 rings (SSSR count). The summed E-state index contributed by atoms with van der Waals surface area (Å²) in [6.07, 6.45) is 0.910. The summed E-state index contributed by atoms with van der Waals surface area (Å²) in [6.45, 7) is 0. The second-order valence-electron chi connectivity index (χ2n) is 14.0. The average molecular weight is 676 g/mol. The van der Waals surface area contributed by atoms with Crippen molar-refractivity contribution in [3.8, 4) is 22.3 Å². The molecule has 1 nitrogen and oxygen atoms in total. The van der Waals surface area contributed by atoms with Crippen LogP contribution in [-0.4, -0.2) is 0 Å². The van der Waals surface area contributed by atoms with Gasteiger partial charge in [0.25, 0.3) is 0 Å². The first kappa shape index (κ1) is 31.1.